The zero-order valence-electron chi connectivity index (χ0n) is 17.2. The van der Waals surface area contributed by atoms with Gasteiger partial charge in [0.05, 0.1) is 6.61 Å². The van der Waals surface area contributed by atoms with E-state index in [-0.39, 0.29) is 30.3 Å². The molecule has 9 heteroatoms. The van der Waals surface area contributed by atoms with Gasteiger partial charge < -0.3 is 20.7 Å². The molecule has 1 aromatic rings. The maximum Gasteiger partial charge on any atom is 0.265 e. The Balaban J connectivity index is 2.24. The average Bonchev–Trinajstić information content (AvgIpc) is 2.68. The Morgan fingerprint density at radius 1 is 1.38 bits per heavy atom. The number of nitrogens with one attached hydrogen (secondary N) is 1. The SMILES string of the molecule is CCN(CC(C)C)[C@@H](CN)C(=O)Nc1ccc(N2CCOCC2=O)cc1C(F)F. The van der Waals surface area contributed by atoms with Gasteiger partial charge >= 0.3 is 0 Å². The van der Waals surface area contributed by atoms with Crippen LogP contribution in [0.15, 0.2) is 18.2 Å². The summed E-state index contributed by atoms with van der Waals surface area (Å²) < 4.78 is 32.4. The zero-order valence-corrected chi connectivity index (χ0v) is 17.2. The Labute approximate surface area is 170 Å². The maximum atomic E-state index is 13.7. The Bertz CT molecular complexity index is 715. The normalized spacial score (nSPS) is 16.0. The van der Waals surface area contributed by atoms with E-state index in [0.29, 0.717) is 37.8 Å². The van der Waals surface area contributed by atoms with Crippen molar-refractivity contribution in [1.29, 1.82) is 0 Å². The minimum atomic E-state index is -2.81. The monoisotopic (exact) mass is 412 g/mol. The number of carbonyl (C=O) groups is 2. The maximum absolute atomic E-state index is 13.7. The highest BCUT2D eigenvalue weighted by Crippen LogP contribution is 2.32. The fraction of sp³-hybridized carbons (Fsp3) is 0.600. The van der Waals surface area contributed by atoms with Crippen molar-refractivity contribution >= 4 is 23.2 Å². The number of benzene rings is 1. The van der Waals surface area contributed by atoms with Crippen molar-refractivity contribution in [1.82, 2.24) is 4.90 Å². The van der Waals surface area contributed by atoms with Crippen LogP contribution in [0.3, 0.4) is 0 Å². The van der Waals surface area contributed by atoms with Gasteiger partial charge in [0.25, 0.3) is 12.3 Å². The van der Waals surface area contributed by atoms with Crippen molar-refractivity contribution in [3.8, 4) is 0 Å². The number of nitrogens with zero attached hydrogens (tertiary/aromatic N) is 2. The first kappa shape index (κ1) is 23.2. The lowest BCUT2D eigenvalue weighted by Gasteiger charge is -2.30. The quantitative estimate of drug-likeness (QED) is 0.650. The van der Waals surface area contributed by atoms with Crippen molar-refractivity contribution in [3.05, 3.63) is 23.8 Å². The predicted octanol–water partition coefficient (Wildman–Crippen LogP) is 2.23. The van der Waals surface area contributed by atoms with Gasteiger partial charge in [0.1, 0.15) is 12.6 Å². The highest BCUT2D eigenvalue weighted by Gasteiger charge is 2.27. The third-order valence-electron chi connectivity index (χ3n) is 4.80. The summed E-state index contributed by atoms with van der Waals surface area (Å²) >= 11 is 0. The number of likely N-dealkylation sites (N-methyl/N-ethyl adjacent to an activating group) is 1. The van der Waals surface area contributed by atoms with E-state index >= 15 is 0 Å². The Hall–Kier alpha value is -2.10. The van der Waals surface area contributed by atoms with E-state index in [2.05, 4.69) is 5.32 Å². The van der Waals surface area contributed by atoms with E-state index in [1.54, 1.807) is 6.07 Å². The summed E-state index contributed by atoms with van der Waals surface area (Å²) in [7, 11) is 0. The Morgan fingerprint density at radius 3 is 2.66 bits per heavy atom. The van der Waals surface area contributed by atoms with Crippen molar-refractivity contribution < 1.29 is 23.1 Å². The summed E-state index contributed by atoms with van der Waals surface area (Å²) in [5, 5.41) is 2.60. The lowest BCUT2D eigenvalue weighted by Crippen LogP contribution is -2.49. The number of amides is 2. The van der Waals surface area contributed by atoms with Crippen molar-refractivity contribution in [3.63, 3.8) is 0 Å². The first-order valence-electron chi connectivity index (χ1n) is 9.83. The van der Waals surface area contributed by atoms with Gasteiger partial charge in [-0.3, -0.25) is 14.5 Å². The average molecular weight is 412 g/mol. The number of hydrogen-bond donors (Lipinski definition) is 2. The van der Waals surface area contributed by atoms with Crippen LogP contribution in [0.2, 0.25) is 0 Å². The molecular weight excluding hydrogens is 382 g/mol. The molecule has 1 aliphatic rings. The number of hydrogen-bond acceptors (Lipinski definition) is 5. The fourth-order valence-electron chi connectivity index (χ4n) is 3.39. The minimum Gasteiger partial charge on any atom is -0.370 e. The second-order valence-corrected chi connectivity index (χ2v) is 7.39. The second-order valence-electron chi connectivity index (χ2n) is 7.39. The zero-order chi connectivity index (χ0) is 21.6. The Morgan fingerprint density at radius 2 is 2.10 bits per heavy atom. The van der Waals surface area contributed by atoms with E-state index in [4.69, 9.17) is 10.5 Å². The van der Waals surface area contributed by atoms with Gasteiger partial charge in [-0.2, -0.15) is 0 Å². The number of carbonyl (C=O) groups excluding carboxylic acids is 2. The lowest BCUT2D eigenvalue weighted by atomic mass is 10.1. The number of morpholine rings is 1. The van der Waals surface area contributed by atoms with E-state index in [9.17, 15) is 18.4 Å². The summed E-state index contributed by atoms with van der Waals surface area (Å²) in [5.74, 6) is -0.380. The number of alkyl halides is 2. The van der Waals surface area contributed by atoms with Crippen molar-refractivity contribution in [2.45, 2.75) is 33.2 Å². The molecule has 1 saturated heterocycles. The van der Waals surface area contributed by atoms with Crippen molar-refractivity contribution in [2.24, 2.45) is 11.7 Å². The van der Waals surface area contributed by atoms with Gasteiger partial charge in [-0.05, 0) is 30.7 Å². The third-order valence-corrected chi connectivity index (χ3v) is 4.80. The van der Waals surface area contributed by atoms with Crippen LogP contribution in [-0.4, -0.2) is 62.1 Å². The van der Waals surface area contributed by atoms with E-state index in [1.165, 1.54) is 17.0 Å². The number of ether oxygens (including phenoxy) is 1. The number of anilines is 2. The molecule has 0 unspecified atom stereocenters. The van der Waals surface area contributed by atoms with E-state index < -0.39 is 18.4 Å². The topological polar surface area (TPSA) is 87.9 Å². The lowest BCUT2D eigenvalue weighted by molar-refractivity contribution is -0.125. The van der Waals surface area contributed by atoms with Crippen LogP contribution in [0.1, 0.15) is 32.8 Å². The van der Waals surface area contributed by atoms with Crippen molar-refractivity contribution in [2.75, 3.05) is 49.6 Å². The molecule has 1 heterocycles. The van der Waals surface area contributed by atoms with Gasteiger partial charge in [-0.1, -0.05) is 20.8 Å². The molecule has 1 aliphatic heterocycles. The summed E-state index contributed by atoms with van der Waals surface area (Å²) in [5.41, 5.74) is 5.85. The van der Waals surface area contributed by atoms with Crippen LogP contribution in [0.5, 0.6) is 0 Å². The third kappa shape index (κ3) is 5.94. The second kappa shape index (κ2) is 10.6. The van der Waals surface area contributed by atoms with E-state index in [1.807, 2.05) is 25.7 Å². The first-order chi connectivity index (χ1) is 13.8. The molecule has 29 heavy (non-hydrogen) atoms. The standard InChI is InChI=1S/C20H30F2N4O3/c1-4-25(11-13(2)3)17(10-23)20(28)24-16-6-5-14(9-15(16)19(21)22)26-7-8-29-12-18(26)27/h5-6,9,13,17,19H,4,7-8,10-12,23H2,1-3H3,(H,24,28)/t17-/m0/s1. The molecule has 7 nitrogen and oxygen atoms in total. The smallest absolute Gasteiger partial charge is 0.265 e. The van der Waals surface area contributed by atoms with Crippen LogP contribution >= 0.6 is 0 Å². The molecule has 0 saturated carbocycles. The molecule has 0 spiro atoms. The molecule has 2 rings (SSSR count). The van der Waals surface area contributed by atoms with Gasteiger partial charge in [-0.25, -0.2) is 8.78 Å². The molecular formula is C20H30F2N4O3. The molecule has 0 bridgehead atoms. The van der Waals surface area contributed by atoms with Gasteiger partial charge in [-0.15, -0.1) is 0 Å². The molecule has 0 radical (unpaired) electrons. The van der Waals surface area contributed by atoms with Crippen LogP contribution in [0.25, 0.3) is 0 Å². The largest absolute Gasteiger partial charge is 0.370 e. The Kier molecular flexibility index (Phi) is 8.48. The van der Waals surface area contributed by atoms with Crippen LogP contribution in [0.4, 0.5) is 20.2 Å². The van der Waals surface area contributed by atoms with Crippen LogP contribution < -0.4 is 16.0 Å². The molecule has 3 N–H and O–H groups in total. The van der Waals surface area contributed by atoms with Crippen LogP contribution in [-0.2, 0) is 14.3 Å². The molecule has 0 aliphatic carbocycles. The highest BCUT2D eigenvalue weighted by molar-refractivity contribution is 5.97. The summed E-state index contributed by atoms with van der Waals surface area (Å²) in [6.07, 6.45) is -2.81. The highest BCUT2D eigenvalue weighted by atomic mass is 19.3. The summed E-state index contributed by atoms with van der Waals surface area (Å²) in [6.45, 7) is 7.93. The molecule has 0 aromatic heterocycles. The molecule has 1 atom stereocenters. The predicted molar refractivity (Wildman–Crippen MR) is 108 cm³/mol. The molecule has 2 amide bonds. The molecule has 1 fully saturated rings. The molecule has 1 aromatic carbocycles. The first-order valence-corrected chi connectivity index (χ1v) is 9.83. The van der Waals surface area contributed by atoms with Crippen LogP contribution in [0, 0.1) is 5.92 Å². The number of rotatable bonds is 9. The van der Waals surface area contributed by atoms with Gasteiger partial charge in [0.2, 0.25) is 5.91 Å². The van der Waals surface area contributed by atoms with E-state index in [0.717, 1.165) is 0 Å². The minimum absolute atomic E-state index is 0.0218. The fourth-order valence-corrected chi connectivity index (χ4v) is 3.39. The summed E-state index contributed by atoms with van der Waals surface area (Å²) in [4.78, 5) is 28.1. The van der Waals surface area contributed by atoms with Gasteiger partial charge in [0.15, 0.2) is 0 Å². The number of nitrogens with two attached hydrogens (primary N) is 1. The summed E-state index contributed by atoms with van der Waals surface area (Å²) in [6, 6.07) is 3.58. The van der Waals surface area contributed by atoms with Gasteiger partial charge in [0, 0.05) is 36.6 Å². The molecule has 162 valence electrons. The number of halogens is 2.